The van der Waals surface area contributed by atoms with Crippen LogP contribution in [-0.4, -0.2) is 35.7 Å². The second kappa shape index (κ2) is 6.72. The molecule has 1 aromatic rings. The van der Waals surface area contributed by atoms with Gasteiger partial charge in [0.25, 0.3) is 0 Å². The van der Waals surface area contributed by atoms with Gasteiger partial charge >= 0.3 is 5.97 Å². The minimum atomic E-state index is -0.899. The Bertz CT molecular complexity index is 494. The average Bonchev–Trinajstić information content (AvgIpc) is 2.47. The highest BCUT2D eigenvalue weighted by atomic mass is 16.5. The Hall–Kier alpha value is -1.88. The van der Waals surface area contributed by atoms with E-state index in [1.807, 2.05) is 37.3 Å². The van der Waals surface area contributed by atoms with E-state index in [4.69, 9.17) is 9.84 Å². The lowest BCUT2D eigenvalue weighted by Gasteiger charge is -2.37. The molecule has 21 heavy (non-hydrogen) atoms. The topological polar surface area (TPSA) is 75.6 Å². The summed E-state index contributed by atoms with van der Waals surface area (Å²) in [5.74, 6) is -1.34. The van der Waals surface area contributed by atoms with Gasteiger partial charge in [0.1, 0.15) is 0 Å². The smallest absolute Gasteiger partial charge is 0.305 e. The molecule has 2 rings (SSSR count). The fourth-order valence-corrected chi connectivity index (χ4v) is 2.66. The molecule has 2 N–H and O–H groups in total. The number of rotatable bonds is 5. The van der Waals surface area contributed by atoms with Gasteiger partial charge in [-0.2, -0.15) is 0 Å². The Morgan fingerprint density at radius 3 is 2.48 bits per heavy atom. The molecule has 1 aromatic carbocycles. The second-order valence-corrected chi connectivity index (χ2v) is 5.58. The van der Waals surface area contributed by atoms with Crippen molar-refractivity contribution >= 4 is 11.9 Å². The van der Waals surface area contributed by atoms with Gasteiger partial charge in [-0.15, -0.1) is 0 Å². The van der Waals surface area contributed by atoms with Gasteiger partial charge in [-0.25, -0.2) is 0 Å². The molecule has 0 spiro atoms. The van der Waals surface area contributed by atoms with Crippen molar-refractivity contribution in [2.45, 2.75) is 37.6 Å². The summed E-state index contributed by atoms with van der Waals surface area (Å²) in [6, 6.07) is 9.48. The summed E-state index contributed by atoms with van der Waals surface area (Å²) in [6.45, 7) is 2.79. The van der Waals surface area contributed by atoms with Gasteiger partial charge in [-0.1, -0.05) is 30.3 Å². The first-order valence-corrected chi connectivity index (χ1v) is 7.19. The van der Waals surface area contributed by atoms with Gasteiger partial charge in [0.2, 0.25) is 5.91 Å². The van der Waals surface area contributed by atoms with E-state index in [1.165, 1.54) is 0 Å². The highest BCUT2D eigenvalue weighted by Gasteiger charge is 2.37. The van der Waals surface area contributed by atoms with E-state index in [2.05, 4.69) is 5.32 Å². The Labute approximate surface area is 124 Å². The predicted molar refractivity (Wildman–Crippen MR) is 78.0 cm³/mol. The maximum atomic E-state index is 12.5. The number of ether oxygens (including phenoxy) is 1. The minimum absolute atomic E-state index is 0.0659. The van der Waals surface area contributed by atoms with Crippen molar-refractivity contribution < 1.29 is 19.4 Å². The molecule has 0 unspecified atom stereocenters. The molecule has 1 aliphatic rings. The lowest BCUT2D eigenvalue weighted by molar-refractivity contribution is -0.140. The SMILES string of the molecule is C[C@@H](C(=O)NC1(CC(=O)O)CCOCC1)c1ccccc1. The Balaban J connectivity index is 2.09. The average molecular weight is 291 g/mol. The number of amides is 1. The summed E-state index contributed by atoms with van der Waals surface area (Å²) in [5, 5.41) is 12.1. The first-order valence-electron chi connectivity index (χ1n) is 7.19. The number of hydrogen-bond acceptors (Lipinski definition) is 3. The third-order valence-electron chi connectivity index (χ3n) is 4.02. The molecule has 0 aliphatic carbocycles. The zero-order valence-electron chi connectivity index (χ0n) is 12.2. The molecule has 0 saturated carbocycles. The number of carbonyl (C=O) groups is 2. The molecule has 0 bridgehead atoms. The fraction of sp³-hybridized carbons (Fsp3) is 0.500. The standard InChI is InChI=1S/C16H21NO4/c1-12(13-5-3-2-4-6-13)15(20)17-16(11-14(18)19)7-9-21-10-8-16/h2-6,12H,7-11H2,1H3,(H,17,20)(H,18,19)/t12-/m1/s1. The third-order valence-corrected chi connectivity index (χ3v) is 4.02. The molecule has 1 atom stereocenters. The van der Waals surface area contributed by atoms with Crippen LogP contribution in [0.2, 0.25) is 0 Å². The first-order chi connectivity index (χ1) is 10.0. The van der Waals surface area contributed by atoms with Crippen molar-refractivity contribution in [3.05, 3.63) is 35.9 Å². The lowest BCUT2D eigenvalue weighted by Crippen LogP contribution is -2.54. The van der Waals surface area contributed by atoms with E-state index in [-0.39, 0.29) is 18.2 Å². The molecule has 0 radical (unpaired) electrons. The highest BCUT2D eigenvalue weighted by molar-refractivity contribution is 5.84. The van der Waals surface area contributed by atoms with E-state index in [0.717, 1.165) is 5.56 Å². The molecular weight excluding hydrogens is 270 g/mol. The predicted octanol–water partition coefficient (Wildman–Crippen LogP) is 1.93. The Kier molecular flexibility index (Phi) is 4.96. The summed E-state index contributed by atoms with van der Waals surface area (Å²) in [4.78, 5) is 23.6. The van der Waals surface area contributed by atoms with Crippen molar-refractivity contribution in [3.8, 4) is 0 Å². The number of benzene rings is 1. The summed E-state index contributed by atoms with van der Waals surface area (Å²) >= 11 is 0. The van der Waals surface area contributed by atoms with Gasteiger partial charge in [0, 0.05) is 13.2 Å². The van der Waals surface area contributed by atoms with Gasteiger partial charge in [-0.05, 0) is 25.3 Å². The fourth-order valence-electron chi connectivity index (χ4n) is 2.66. The molecule has 5 nitrogen and oxygen atoms in total. The van der Waals surface area contributed by atoms with Crippen LogP contribution < -0.4 is 5.32 Å². The van der Waals surface area contributed by atoms with Gasteiger partial charge in [0.05, 0.1) is 17.9 Å². The van der Waals surface area contributed by atoms with Crippen LogP contribution in [0, 0.1) is 0 Å². The molecule has 1 fully saturated rings. The van der Waals surface area contributed by atoms with E-state index in [1.54, 1.807) is 0 Å². The molecule has 1 amide bonds. The number of hydrogen-bond donors (Lipinski definition) is 2. The molecular formula is C16H21NO4. The maximum absolute atomic E-state index is 12.5. The Morgan fingerprint density at radius 1 is 1.29 bits per heavy atom. The number of carbonyl (C=O) groups excluding carboxylic acids is 1. The van der Waals surface area contributed by atoms with Crippen molar-refractivity contribution in [1.29, 1.82) is 0 Å². The van der Waals surface area contributed by atoms with Crippen molar-refractivity contribution in [3.63, 3.8) is 0 Å². The van der Waals surface area contributed by atoms with Crippen LogP contribution >= 0.6 is 0 Å². The molecule has 1 saturated heterocycles. The molecule has 0 aromatic heterocycles. The molecule has 1 heterocycles. The van der Waals surface area contributed by atoms with Crippen molar-refractivity contribution in [1.82, 2.24) is 5.32 Å². The van der Waals surface area contributed by atoms with Crippen molar-refractivity contribution in [2.75, 3.05) is 13.2 Å². The molecule has 114 valence electrons. The quantitative estimate of drug-likeness (QED) is 0.869. The zero-order valence-corrected chi connectivity index (χ0v) is 12.2. The van der Waals surface area contributed by atoms with E-state index < -0.39 is 11.5 Å². The largest absolute Gasteiger partial charge is 0.481 e. The summed E-state index contributed by atoms with van der Waals surface area (Å²) in [7, 11) is 0. The van der Waals surface area contributed by atoms with Crippen LogP contribution in [0.3, 0.4) is 0 Å². The number of aliphatic carboxylic acids is 1. The summed E-state index contributed by atoms with van der Waals surface area (Å²) in [6.07, 6.45) is 1.00. The number of nitrogens with one attached hydrogen (secondary N) is 1. The summed E-state index contributed by atoms with van der Waals surface area (Å²) in [5.41, 5.74) is 0.233. The third kappa shape index (κ3) is 4.04. The van der Waals surface area contributed by atoms with Crippen LogP contribution in [-0.2, 0) is 14.3 Å². The number of carboxylic acid groups (broad SMARTS) is 1. The first kappa shape index (κ1) is 15.5. The zero-order chi connectivity index (χ0) is 15.3. The molecule has 5 heteroatoms. The normalized spacial score (nSPS) is 18.7. The number of carboxylic acids is 1. The monoisotopic (exact) mass is 291 g/mol. The second-order valence-electron chi connectivity index (χ2n) is 5.58. The maximum Gasteiger partial charge on any atom is 0.305 e. The molecule has 1 aliphatic heterocycles. The van der Waals surface area contributed by atoms with Gasteiger partial charge < -0.3 is 15.2 Å². The lowest BCUT2D eigenvalue weighted by atomic mass is 9.85. The van der Waals surface area contributed by atoms with E-state index >= 15 is 0 Å². The van der Waals surface area contributed by atoms with E-state index in [9.17, 15) is 9.59 Å². The van der Waals surface area contributed by atoms with Crippen LogP contribution in [0.1, 0.15) is 37.7 Å². The van der Waals surface area contributed by atoms with Crippen LogP contribution in [0.25, 0.3) is 0 Å². The van der Waals surface area contributed by atoms with Crippen LogP contribution in [0.5, 0.6) is 0 Å². The van der Waals surface area contributed by atoms with E-state index in [0.29, 0.717) is 26.1 Å². The highest BCUT2D eigenvalue weighted by Crippen LogP contribution is 2.26. The van der Waals surface area contributed by atoms with Crippen LogP contribution in [0.4, 0.5) is 0 Å². The summed E-state index contributed by atoms with van der Waals surface area (Å²) < 4.78 is 5.29. The van der Waals surface area contributed by atoms with Crippen molar-refractivity contribution in [2.24, 2.45) is 0 Å². The minimum Gasteiger partial charge on any atom is -0.481 e. The van der Waals surface area contributed by atoms with Gasteiger partial charge in [-0.3, -0.25) is 9.59 Å². The van der Waals surface area contributed by atoms with Gasteiger partial charge in [0.15, 0.2) is 0 Å². The van der Waals surface area contributed by atoms with Crippen LogP contribution in [0.15, 0.2) is 30.3 Å². The Morgan fingerprint density at radius 2 is 1.90 bits per heavy atom.